The summed E-state index contributed by atoms with van der Waals surface area (Å²) < 4.78 is 0. The highest BCUT2D eigenvalue weighted by Gasteiger charge is 2.37. The minimum absolute atomic E-state index is 0.00386. The highest BCUT2D eigenvalue weighted by atomic mass is 32.2. The Morgan fingerprint density at radius 1 is 0.262 bits per heavy atom. The van der Waals surface area contributed by atoms with Gasteiger partial charge in [-0.2, -0.15) is 24.4 Å². The number of hydrogen-bond donors (Lipinski definition) is 41. The summed E-state index contributed by atoms with van der Waals surface area (Å²) in [4.78, 5) is 184. The minimum Gasteiger partial charge on any atom is -0.370 e. The molecular weight excluding hydrogens is 1640 g/mol. The fourth-order valence-electron chi connectivity index (χ4n) is 11.2. The zero-order chi connectivity index (χ0) is 92.4. The van der Waals surface area contributed by atoms with Gasteiger partial charge in [0.15, 0.2) is 53.6 Å². The summed E-state index contributed by atoms with van der Waals surface area (Å²) in [5, 5.41) is 123. The molecule has 0 saturated carbocycles. The monoisotopic (exact) mass is 1770 g/mol. The second kappa shape index (κ2) is 62.4. The van der Waals surface area contributed by atoms with E-state index in [4.69, 9.17) is 106 Å². The van der Waals surface area contributed by atoms with E-state index >= 15 is 9.59 Å². The maximum Gasteiger partial charge on any atom is 0.243 e. The molecule has 0 heterocycles. The first-order valence-corrected chi connectivity index (χ1v) is 41.3. The van der Waals surface area contributed by atoms with Crippen LogP contribution in [0, 0.1) is 54.6 Å². The van der Waals surface area contributed by atoms with Crippen molar-refractivity contribution in [2.75, 3.05) is 83.2 Å². The summed E-state index contributed by atoms with van der Waals surface area (Å²) in [6.45, 7) is 2.14. The van der Waals surface area contributed by atoms with Gasteiger partial charge in [-0.25, -0.2) is 0 Å². The molecule has 0 rings (SSSR count). The molecule has 12 atom stereocenters. The predicted molar refractivity (Wildman–Crippen MR) is 463 cm³/mol. The predicted octanol–water partition coefficient (Wildman–Crippen LogP) is -12.8. The largest absolute Gasteiger partial charge is 0.370 e. The van der Waals surface area contributed by atoms with Gasteiger partial charge in [0.2, 0.25) is 76.8 Å². The van der Waals surface area contributed by atoms with Crippen LogP contribution >= 0.6 is 24.4 Å². The van der Waals surface area contributed by atoms with Gasteiger partial charge in [0.1, 0.15) is 66.5 Å². The molecule has 50 N–H and O–H groups in total. The second-order valence-corrected chi connectivity index (χ2v) is 29.2. The number of hydrogen-bond acceptors (Lipinski definition) is 24. The number of carbonyl (C=O) groups is 13. The van der Waals surface area contributed by atoms with Crippen molar-refractivity contribution in [1.82, 2.24) is 112 Å². The van der Waals surface area contributed by atoms with E-state index in [1.165, 1.54) is 18.7 Å². The van der Waals surface area contributed by atoms with Crippen molar-refractivity contribution in [2.24, 2.45) is 63.3 Å². The number of nitrogens with two attached hydrogens (primary N) is 10. The van der Waals surface area contributed by atoms with Crippen LogP contribution in [-0.2, 0) is 62.3 Å². The number of carbonyl (C=O) groups excluding carboxylic acids is 13. The lowest BCUT2D eigenvalue weighted by Crippen LogP contribution is -2.61. The number of amides is 13. The molecule has 122 heavy (non-hydrogen) atoms. The first kappa shape index (κ1) is 109. The average molecular weight is 1770 g/mol. The van der Waals surface area contributed by atoms with E-state index < -0.39 is 209 Å². The Morgan fingerprint density at radius 3 is 0.607 bits per heavy atom. The normalized spacial score (nSPS) is 13.6. The maximum absolute atomic E-state index is 15.1. The van der Waals surface area contributed by atoms with Crippen LogP contribution in [0.2, 0.25) is 0 Å². The van der Waals surface area contributed by atoms with Gasteiger partial charge in [-0.15, -0.1) is 0 Å². The maximum atomic E-state index is 15.1. The summed E-state index contributed by atoms with van der Waals surface area (Å²) in [6, 6.07) is -16.5. The van der Waals surface area contributed by atoms with Crippen molar-refractivity contribution in [2.45, 2.75) is 196 Å². The molecular formula is C67H132N40O13S2. The molecule has 0 radical (unpaired) electrons. The molecule has 690 valence electrons. The summed E-state index contributed by atoms with van der Waals surface area (Å²) in [5.41, 5.74) is 55.3. The van der Waals surface area contributed by atoms with E-state index in [1.54, 1.807) is 6.92 Å². The van der Waals surface area contributed by atoms with E-state index in [0.29, 0.717) is 5.75 Å². The molecule has 1 unspecified atom stereocenters. The Balaban J connectivity index is 8.07. The van der Waals surface area contributed by atoms with E-state index in [-0.39, 0.29) is 180 Å². The van der Waals surface area contributed by atoms with E-state index in [1.807, 2.05) is 6.26 Å². The number of thiol groups is 1. The Bertz CT molecular complexity index is 3510. The molecule has 13 amide bonds. The van der Waals surface area contributed by atoms with E-state index in [9.17, 15) is 52.7 Å². The Kier molecular flexibility index (Phi) is 55.9. The number of guanidine groups is 9. The topological polar surface area (TPSA) is 949 Å². The van der Waals surface area contributed by atoms with Crippen molar-refractivity contribution < 1.29 is 62.3 Å². The van der Waals surface area contributed by atoms with Gasteiger partial charge in [-0.3, -0.25) is 111 Å². The Hall–Kier alpha value is -12.8. The lowest BCUT2D eigenvalue weighted by Gasteiger charge is -2.29. The van der Waals surface area contributed by atoms with Crippen molar-refractivity contribution in [1.29, 1.82) is 48.7 Å². The van der Waals surface area contributed by atoms with Crippen LogP contribution in [0.25, 0.3) is 0 Å². The van der Waals surface area contributed by atoms with Gasteiger partial charge in [0.05, 0.1) is 6.54 Å². The van der Waals surface area contributed by atoms with Gasteiger partial charge in [0, 0.05) is 76.3 Å². The summed E-state index contributed by atoms with van der Waals surface area (Å²) in [7, 11) is 0. The molecule has 55 heteroatoms. The van der Waals surface area contributed by atoms with Crippen molar-refractivity contribution in [3.05, 3.63) is 0 Å². The van der Waals surface area contributed by atoms with Crippen LogP contribution in [0.15, 0.2) is 0 Å². The lowest BCUT2D eigenvalue weighted by atomic mass is 10.0. The summed E-state index contributed by atoms with van der Waals surface area (Å²) >= 11 is 5.51. The smallest absolute Gasteiger partial charge is 0.243 e. The summed E-state index contributed by atoms with van der Waals surface area (Å²) in [6.07, 6.45) is -0.176. The number of thioether (sulfide) groups is 1. The third-order valence-corrected chi connectivity index (χ3v) is 18.7. The zero-order valence-electron chi connectivity index (χ0n) is 69.1. The molecule has 0 bridgehead atoms. The standard InChI is InChI=1S/C67H132N40O13S2/c1-34(33-122-3)48(110)97-35(2)49(111)96-31-46(108)98-36(13-4-22-87-59(69)70)50(112)99-37(14-5-23-88-60(71)72)51(113)100-38(15-6-24-89-61(73)74)52(114)101-39(16-7-25-90-62(75)76)53(115)102-40(17-8-26-91-63(77)78)54(116)103-41(18-9-27-92-64(79)80)55(117)104-42(19-10-28-93-65(81)82)56(118)105-43(20-11-29-94-66(83)84)57(119)106-44(21-12-30-95-67(85)86)58(120)107-45(32-121)47(68)109/h34-45,121H,4-33H2,1-3H3,(H2,68,109)(H,96,111)(H,97,110)(H,98,108)(H,99,112)(H,100,113)(H,101,114)(H,102,115)(H,103,116)(H,104,117)(H,105,118)(H,106,119)(H,107,120)(H4,69,70,87)(H4,71,72,88)(H4,73,74,89)(H4,75,76,90)(H4,77,78,91)(H4,79,80,92)(H4,81,82,93)(H4,83,84,94)(H4,85,86,95)/t34-,35-,36+,37+,38+,39+,40+,41+,42+,43+,44+,45?/m0/s1. The number of nitrogens with one attached hydrogen (secondary N) is 30. The molecule has 0 aliphatic heterocycles. The van der Waals surface area contributed by atoms with Gasteiger partial charge >= 0.3 is 0 Å². The van der Waals surface area contributed by atoms with Crippen LogP contribution in [0.3, 0.4) is 0 Å². The molecule has 0 aromatic rings. The fraction of sp³-hybridized carbons (Fsp3) is 0.672. The molecule has 0 fully saturated rings. The molecule has 53 nitrogen and oxygen atoms in total. The third kappa shape index (κ3) is 52.2. The van der Waals surface area contributed by atoms with Crippen molar-refractivity contribution >= 4 is 155 Å². The van der Waals surface area contributed by atoms with Crippen LogP contribution in [-0.4, -0.2) is 280 Å². The zero-order valence-corrected chi connectivity index (χ0v) is 70.8. The van der Waals surface area contributed by atoms with Gasteiger partial charge in [-0.1, -0.05) is 6.92 Å². The van der Waals surface area contributed by atoms with Crippen molar-refractivity contribution in [3.63, 3.8) is 0 Å². The van der Waals surface area contributed by atoms with Crippen LogP contribution in [0.4, 0.5) is 0 Å². The average Bonchev–Trinajstić information content (AvgIpc) is 0.848. The number of primary amides is 1. The summed E-state index contributed by atoms with van der Waals surface area (Å²) in [5.74, 6) is -16.2. The Labute approximate surface area is 716 Å². The highest BCUT2D eigenvalue weighted by Crippen LogP contribution is 2.13. The fourth-order valence-corrected chi connectivity index (χ4v) is 12.1. The Morgan fingerprint density at radius 2 is 0.443 bits per heavy atom. The molecule has 0 saturated heterocycles. The van der Waals surface area contributed by atoms with E-state index in [2.05, 4.69) is 124 Å². The molecule has 0 aliphatic rings. The first-order valence-electron chi connectivity index (χ1n) is 39.2. The van der Waals surface area contributed by atoms with Gasteiger partial charge < -0.3 is 169 Å². The SMILES string of the molecule is CSC[C@H](C)C(=O)N[C@@H](C)C(=O)NCC(=O)N[C@H](CCCNC(=N)N)C(=O)N[C@H](CCCNC(=N)N)C(=O)N[C@H](CCCNC(=N)N)C(=O)N[C@H](CCCNC(=N)N)C(=O)N[C@H](CCCNC(=N)N)C(=O)N[C@H](CCCNC(=N)N)C(=O)N[C@H](CCCNC(=N)N)C(=O)N[C@H](CCCNC(=N)N)C(=O)N[C@H](CCCNC(=N)N)C(=O)NC(CS)C(N)=O. The van der Waals surface area contributed by atoms with Crippen LogP contribution in [0.5, 0.6) is 0 Å². The minimum atomic E-state index is -1.66. The molecule has 0 aromatic heterocycles. The highest BCUT2D eigenvalue weighted by molar-refractivity contribution is 7.98. The van der Waals surface area contributed by atoms with E-state index in [0.717, 1.165) is 0 Å². The quantitative estimate of drug-likeness (QED) is 0.0116. The third-order valence-electron chi connectivity index (χ3n) is 17.5. The molecule has 0 aliphatic carbocycles. The van der Waals surface area contributed by atoms with Crippen LogP contribution < -0.4 is 169 Å². The van der Waals surface area contributed by atoms with Crippen molar-refractivity contribution in [3.8, 4) is 0 Å². The number of rotatable bonds is 64. The van der Waals surface area contributed by atoms with Gasteiger partial charge in [0.25, 0.3) is 0 Å². The molecule has 0 aromatic carbocycles. The second-order valence-electron chi connectivity index (χ2n) is 27.9. The van der Waals surface area contributed by atoms with Gasteiger partial charge in [-0.05, 0) is 129 Å². The molecule has 0 spiro atoms. The lowest BCUT2D eigenvalue weighted by molar-refractivity contribution is -0.136. The first-order chi connectivity index (χ1) is 57.5. The van der Waals surface area contributed by atoms with Crippen LogP contribution in [0.1, 0.15) is 129 Å².